The normalized spacial score (nSPS) is 21.7. The lowest BCUT2D eigenvalue weighted by atomic mass is 9.96. The second kappa shape index (κ2) is 8.07. The average Bonchev–Trinajstić information content (AvgIpc) is 3.20. The Morgan fingerprint density at radius 1 is 1.22 bits per heavy atom. The van der Waals surface area contributed by atoms with Crippen LogP contribution in [0.5, 0.6) is 0 Å². The van der Waals surface area contributed by atoms with Gasteiger partial charge in [0, 0.05) is 5.92 Å². The first-order chi connectivity index (χ1) is 14.7. The van der Waals surface area contributed by atoms with Crippen LogP contribution in [0.4, 0.5) is 5.95 Å². The van der Waals surface area contributed by atoms with E-state index in [4.69, 9.17) is 15.2 Å². The van der Waals surface area contributed by atoms with Gasteiger partial charge in [0.25, 0.3) is 5.56 Å². The van der Waals surface area contributed by atoms with Crippen LogP contribution in [0.15, 0.2) is 23.3 Å². The summed E-state index contributed by atoms with van der Waals surface area (Å²) in [6.07, 6.45) is 1.28. The van der Waals surface area contributed by atoms with Crippen LogP contribution >= 0.6 is 0 Å². The van der Waals surface area contributed by atoms with Crippen molar-refractivity contribution in [2.75, 3.05) is 12.3 Å². The van der Waals surface area contributed by atoms with Gasteiger partial charge in [0.1, 0.15) is 6.10 Å². The topological polar surface area (TPSA) is 142 Å². The number of imidazole rings is 1. The summed E-state index contributed by atoms with van der Waals surface area (Å²) in [7, 11) is 0. The molecule has 2 aromatic heterocycles. The standard InChI is InChI=1S/C22H31N5O5/c1-11-13(27-10-24-14-16(27)25-20(23)26-17(14)28)8-12(9-31-18(29)21(2,3)4)15(11)32-19(30)22(5,6)7/h10,12-13,15H,1,8-9H2,2-7H3,(H3,23,25,26,28). The zero-order valence-electron chi connectivity index (χ0n) is 19.4. The van der Waals surface area contributed by atoms with Gasteiger partial charge in [-0.25, -0.2) is 4.98 Å². The smallest absolute Gasteiger partial charge is 0.311 e. The molecule has 2 heterocycles. The molecule has 10 heteroatoms. The molecule has 32 heavy (non-hydrogen) atoms. The van der Waals surface area contributed by atoms with E-state index in [9.17, 15) is 14.4 Å². The number of aromatic nitrogens is 4. The molecule has 0 saturated heterocycles. The molecule has 0 aliphatic heterocycles. The molecule has 0 amide bonds. The van der Waals surface area contributed by atoms with Crippen LogP contribution in [0.25, 0.3) is 11.2 Å². The molecule has 174 valence electrons. The first-order valence-electron chi connectivity index (χ1n) is 10.5. The van der Waals surface area contributed by atoms with E-state index in [2.05, 4.69) is 21.5 Å². The van der Waals surface area contributed by atoms with E-state index in [1.165, 1.54) is 6.33 Å². The predicted molar refractivity (Wildman–Crippen MR) is 119 cm³/mol. The number of carbonyl (C=O) groups excluding carboxylic acids is 2. The van der Waals surface area contributed by atoms with Crippen molar-refractivity contribution in [1.29, 1.82) is 0 Å². The quantitative estimate of drug-likeness (QED) is 0.539. The molecule has 1 aliphatic carbocycles. The fourth-order valence-electron chi connectivity index (χ4n) is 3.54. The number of nitrogens with two attached hydrogens (primary N) is 1. The van der Waals surface area contributed by atoms with Crippen molar-refractivity contribution in [3.8, 4) is 0 Å². The third-order valence-electron chi connectivity index (χ3n) is 5.42. The van der Waals surface area contributed by atoms with E-state index in [-0.39, 0.29) is 42.0 Å². The summed E-state index contributed by atoms with van der Waals surface area (Å²) in [5.74, 6) is -1.08. The van der Waals surface area contributed by atoms with Crippen LogP contribution < -0.4 is 11.3 Å². The first-order valence-corrected chi connectivity index (χ1v) is 10.5. The molecule has 1 aliphatic rings. The highest BCUT2D eigenvalue weighted by Gasteiger charge is 2.44. The Hall–Kier alpha value is -3.17. The zero-order chi connectivity index (χ0) is 24.0. The molecule has 0 bridgehead atoms. The van der Waals surface area contributed by atoms with Crippen molar-refractivity contribution < 1.29 is 19.1 Å². The number of nitrogen functional groups attached to an aromatic ring is 1. The molecular formula is C22H31N5O5. The molecule has 0 radical (unpaired) electrons. The fraction of sp³-hybridized carbons (Fsp3) is 0.591. The van der Waals surface area contributed by atoms with E-state index in [1.54, 1.807) is 46.1 Å². The maximum atomic E-state index is 12.6. The first kappa shape index (κ1) is 23.5. The average molecular weight is 446 g/mol. The second-order valence-electron chi connectivity index (χ2n) is 10.3. The van der Waals surface area contributed by atoms with Gasteiger partial charge in [-0.15, -0.1) is 0 Å². The van der Waals surface area contributed by atoms with Gasteiger partial charge in [0.05, 0.1) is 29.8 Å². The molecule has 3 unspecified atom stereocenters. The number of anilines is 1. The Balaban J connectivity index is 1.94. The summed E-state index contributed by atoms with van der Waals surface area (Å²) in [6.45, 7) is 14.9. The van der Waals surface area contributed by atoms with E-state index >= 15 is 0 Å². The zero-order valence-corrected chi connectivity index (χ0v) is 19.4. The van der Waals surface area contributed by atoms with E-state index in [0.29, 0.717) is 17.6 Å². The van der Waals surface area contributed by atoms with E-state index in [0.717, 1.165) is 0 Å². The van der Waals surface area contributed by atoms with Gasteiger partial charge in [-0.05, 0) is 53.5 Å². The Labute approximate surface area is 186 Å². The van der Waals surface area contributed by atoms with Gasteiger partial charge < -0.3 is 19.8 Å². The van der Waals surface area contributed by atoms with Crippen LogP contribution in [0.3, 0.4) is 0 Å². The maximum Gasteiger partial charge on any atom is 0.311 e. The minimum absolute atomic E-state index is 0.0285. The third-order valence-corrected chi connectivity index (χ3v) is 5.42. The molecule has 1 saturated carbocycles. The number of H-pyrrole nitrogens is 1. The van der Waals surface area contributed by atoms with E-state index in [1.807, 2.05) is 0 Å². The number of fused-ring (bicyclic) bond motifs is 1. The number of hydrogen-bond donors (Lipinski definition) is 2. The van der Waals surface area contributed by atoms with Crippen LogP contribution in [0.1, 0.15) is 54.0 Å². The number of hydrogen-bond acceptors (Lipinski definition) is 8. The summed E-state index contributed by atoms with van der Waals surface area (Å²) in [5.41, 5.74) is 4.98. The Morgan fingerprint density at radius 2 is 1.84 bits per heavy atom. The molecule has 10 nitrogen and oxygen atoms in total. The van der Waals surface area contributed by atoms with Crippen molar-refractivity contribution >= 4 is 29.1 Å². The highest BCUT2D eigenvalue weighted by atomic mass is 16.6. The number of rotatable bonds is 4. The van der Waals surface area contributed by atoms with Gasteiger partial charge in [0.2, 0.25) is 5.95 Å². The SMILES string of the molecule is C=C1C(OC(=O)C(C)(C)C)C(COC(=O)C(C)(C)C)CC1n1cnc2c(=O)[nH]c(N)nc21. The van der Waals surface area contributed by atoms with Crippen molar-refractivity contribution in [3.05, 3.63) is 28.8 Å². The lowest BCUT2D eigenvalue weighted by molar-refractivity contribution is -0.162. The largest absolute Gasteiger partial charge is 0.465 e. The summed E-state index contributed by atoms with van der Waals surface area (Å²) in [6, 6.07) is -0.371. The van der Waals surface area contributed by atoms with Crippen LogP contribution in [-0.2, 0) is 19.1 Å². The van der Waals surface area contributed by atoms with Gasteiger partial charge >= 0.3 is 11.9 Å². The van der Waals surface area contributed by atoms with Gasteiger partial charge in [-0.2, -0.15) is 4.98 Å². The molecule has 0 aromatic carbocycles. The highest BCUT2D eigenvalue weighted by molar-refractivity contribution is 5.76. The molecule has 3 atom stereocenters. The summed E-state index contributed by atoms with van der Waals surface area (Å²) in [4.78, 5) is 47.9. The van der Waals surface area contributed by atoms with Gasteiger partial charge in [-0.3, -0.25) is 19.4 Å². The Morgan fingerprint density at radius 3 is 2.44 bits per heavy atom. The minimum atomic E-state index is -0.712. The fourth-order valence-corrected chi connectivity index (χ4v) is 3.54. The number of nitrogens with zero attached hydrogens (tertiary/aromatic N) is 3. The number of carbonyl (C=O) groups is 2. The molecular weight excluding hydrogens is 414 g/mol. The molecule has 2 aromatic rings. The van der Waals surface area contributed by atoms with Crippen molar-refractivity contribution in [3.63, 3.8) is 0 Å². The maximum absolute atomic E-state index is 12.6. The third kappa shape index (κ3) is 4.53. The van der Waals surface area contributed by atoms with Crippen molar-refractivity contribution in [2.45, 2.75) is 60.1 Å². The van der Waals surface area contributed by atoms with Crippen LogP contribution in [0, 0.1) is 16.7 Å². The lowest BCUT2D eigenvalue weighted by Crippen LogP contribution is -2.34. The molecule has 3 rings (SSSR count). The van der Waals surface area contributed by atoms with Gasteiger partial charge in [-0.1, -0.05) is 6.58 Å². The van der Waals surface area contributed by atoms with E-state index < -0.39 is 22.5 Å². The number of ether oxygens (including phenoxy) is 2. The molecule has 1 fully saturated rings. The van der Waals surface area contributed by atoms with Crippen LogP contribution in [-0.4, -0.2) is 44.2 Å². The number of aromatic amines is 1. The lowest BCUT2D eigenvalue weighted by Gasteiger charge is -2.26. The molecule has 0 spiro atoms. The summed E-state index contributed by atoms with van der Waals surface area (Å²) < 4.78 is 13.1. The minimum Gasteiger partial charge on any atom is -0.465 e. The number of nitrogens with one attached hydrogen (secondary N) is 1. The summed E-state index contributed by atoms with van der Waals surface area (Å²) >= 11 is 0. The Bertz CT molecular complexity index is 1120. The Kier molecular flexibility index (Phi) is 5.92. The summed E-state index contributed by atoms with van der Waals surface area (Å²) in [5, 5.41) is 0. The highest BCUT2D eigenvalue weighted by Crippen LogP contribution is 2.42. The van der Waals surface area contributed by atoms with Crippen LogP contribution in [0.2, 0.25) is 0 Å². The monoisotopic (exact) mass is 445 g/mol. The molecule has 3 N–H and O–H groups in total. The number of esters is 2. The van der Waals surface area contributed by atoms with Crippen molar-refractivity contribution in [2.24, 2.45) is 16.7 Å². The van der Waals surface area contributed by atoms with Crippen molar-refractivity contribution in [1.82, 2.24) is 19.5 Å². The predicted octanol–water partition coefficient (Wildman–Crippen LogP) is 2.37. The second-order valence-corrected chi connectivity index (χ2v) is 10.3. The van der Waals surface area contributed by atoms with Gasteiger partial charge in [0.15, 0.2) is 11.2 Å².